The number of Topliss-reactive ketones (excluding diaryl/α,β-unsaturated/α-hetero) is 1. The Kier molecular flexibility index (Phi) is 4.80. The topological polar surface area (TPSA) is 46.6 Å². The number of thiocarbonyl (C=S) groups is 2. The molecule has 1 aliphatic rings. The van der Waals surface area contributed by atoms with E-state index in [-0.39, 0.29) is 12.2 Å². The van der Waals surface area contributed by atoms with Crippen LogP contribution < -0.4 is 0 Å². The average molecular weight is 321 g/mol. The van der Waals surface area contributed by atoms with Crippen molar-refractivity contribution in [3.63, 3.8) is 0 Å². The van der Waals surface area contributed by atoms with Crippen molar-refractivity contribution >= 4 is 46.2 Å². The molecule has 2 rings (SSSR count). The van der Waals surface area contributed by atoms with Crippen LogP contribution in [0.5, 0.6) is 0 Å². The second-order valence-corrected chi connectivity index (χ2v) is 5.58. The Labute approximate surface area is 134 Å². The van der Waals surface area contributed by atoms with Gasteiger partial charge < -0.3 is 14.4 Å². The van der Waals surface area contributed by atoms with Crippen LogP contribution in [0.15, 0.2) is 24.3 Å². The molecule has 0 aliphatic carbocycles. The van der Waals surface area contributed by atoms with Gasteiger partial charge in [-0.25, -0.2) is 4.79 Å². The third-order valence-electron chi connectivity index (χ3n) is 3.38. The summed E-state index contributed by atoms with van der Waals surface area (Å²) in [5.74, 6) is -0.425. The number of ether oxygens (including phenoxy) is 1. The molecular formula is C15H15NO3S2. The summed E-state index contributed by atoms with van der Waals surface area (Å²) < 4.78 is 4.84. The smallest absolute Gasteiger partial charge is 0.328 e. The standard InChI is InChI=1S/C15H15NO3S2/c1-9(17)7-8-12(15(18)19-2)16-13(20)10-5-3-4-6-11(10)14(16)21/h3-6,12H,7-8H2,1-2H3. The zero-order chi connectivity index (χ0) is 15.6. The molecule has 1 atom stereocenters. The lowest BCUT2D eigenvalue weighted by atomic mass is 10.1. The molecule has 1 unspecified atom stereocenters. The van der Waals surface area contributed by atoms with Crippen molar-refractivity contribution in [2.24, 2.45) is 0 Å². The minimum absolute atomic E-state index is 0.0115. The number of fused-ring (bicyclic) bond motifs is 1. The first-order chi connectivity index (χ1) is 9.97. The predicted octanol–water partition coefficient (Wildman–Crippen LogP) is 2.26. The molecular weight excluding hydrogens is 306 g/mol. The van der Waals surface area contributed by atoms with Crippen molar-refractivity contribution in [3.05, 3.63) is 35.4 Å². The summed E-state index contributed by atoms with van der Waals surface area (Å²) >= 11 is 10.9. The molecule has 1 aliphatic heterocycles. The zero-order valence-corrected chi connectivity index (χ0v) is 13.4. The SMILES string of the molecule is COC(=O)C(CCC(C)=O)N1C(=S)c2ccccc2C1=S. The van der Waals surface area contributed by atoms with Gasteiger partial charge in [-0.2, -0.15) is 0 Å². The molecule has 6 heteroatoms. The van der Waals surface area contributed by atoms with E-state index in [0.29, 0.717) is 16.4 Å². The summed E-state index contributed by atoms with van der Waals surface area (Å²) in [6.45, 7) is 1.49. The number of nitrogens with zero attached hydrogens (tertiary/aromatic N) is 1. The second-order valence-electron chi connectivity index (χ2n) is 4.81. The number of esters is 1. The van der Waals surface area contributed by atoms with E-state index in [1.165, 1.54) is 14.0 Å². The van der Waals surface area contributed by atoms with Gasteiger partial charge in [-0.1, -0.05) is 48.7 Å². The third-order valence-corrected chi connectivity index (χ3v) is 4.21. The highest BCUT2D eigenvalue weighted by atomic mass is 32.1. The monoisotopic (exact) mass is 321 g/mol. The van der Waals surface area contributed by atoms with Crippen molar-refractivity contribution in [2.45, 2.75) is 25.8 Å². The molecule has 0 fully saturated rings. The van der Waals surface area contributed by atoms with Gasteiger partial charge in [0.2, 0.25) is 0 Å². The van der Waals surface area contributed by atoms with E-state index in [1.54, 1.807) is 4.90 Å². The average Bonchev–Trinajstić information content (AvgIpc) is 2.72. The maximum absolute atomic E-state index is 12.1. The summed E-state index contributed by atoms with van der Waals surface area (Å²) in [5.41, 5.74) is 1.68. The fraction of sp³-hybridized carbons (Fsp3) is 0.333. The van der Waals surface area contributed by atoms with E-state index >= 15 is 0 Å². The lowest BCUT2D eigenvalue weighted by molar-refractivity contribution is -0.144. The van der Waals surface area contributed by atoms with E-state index in [2.05, 4.69) is 0 Å². The number of benzene rings is 1. The Morgan fingerprint density at radius 2 is 1.71 bits per heavy atom. The minimum Gasteiger partial charge on any atom is -0.467 e. The lowest BCUT2D eigenvalue weighted by Gasteiger charge is -2.27. The Morgan fingerprint density at radius 3 is 2.14 bits per heavy atom. The Bertz CT molecular complexity index is 592. The van der Waals surface area contributed by atoms with Gasteiger partial charge in [0.05, 0.1) is 7.11 Å². The van der Waals surface area contributed by atoms with Gasteiger partial charge in [-0.15, -0.1) is 0 Å². The molecule has 110 valence electrons. The summed E-state index contributed by atoms with van der Waals surface area (Å²) in [6, 6.07) is 6.85. The molecule has 0 spiro atoms. The number of rotatable bonds is 5. The summed E-state index contributed by atoms with van der Waals surface area (Å²) in [6.07, 6.45) is 0.605. The molecule has 0 saturated heterocycles. The highest BCUT2D eigenvalue weighted by molar-refractivity contribution is 7.82. The molecule has 0 aromatic heterocycles. The molecule has 4 nitrogen and oxygen atoms in total. The first kappa shape index (κ1) is 15.7. The van der Waals surface area contributed by atoms with Gasteiger partial charge in [0.15, 0.2) is 0 Å². The summed E-state index contributed by atoms with van der Waals surface area (Å²) in [7, 11) is 1.32. The minimum atomic E-state index is -0.661. The molecule has 1 heterocycles. The van der Waals surface area contributed by atoms with Gasteiger partial charge in [0, 0.05) is 17.5 Å². The van der Waals surface area contributed by atoms with Crippen molar-refractivity contribution < 1.29 is 14.3 Å². The van der Waals surface area contributed by atoms with E-state index < -0.39 is 12.0 Å². The molecule has 0 N–H and O–H groups in total. The number of carbonyl (C=O) groups excluding carboxylic acids is 2. The Hall–Kier alpha value is -1.66. The van der Waals surface area contributed by atoms with E-state index in [0.717, 1.165) is 11.1 Å². The van der Waals surface area contributed by atoms with Crippen molar-refractivity contribution in [1.82, 2.24) is 4.90 Å². The third kappa shape index (κ3) is 3.01. The zero-order valence-electron chi connectivity index (χ0n) is 11.8. The van der Waals surface area contributed by atoms with Crippen LogP contribution >= 0.6 is 24.4 Å². The van der Waals surface area contributed by atoms with Crippen molar-refractivity contribution in [1.29, 1.82) is 0 Å². The number of hydrogen-bond acceptors (Lipinski definition) is 5. The maximum atomic E-state index is 12.1. The van der Waals surface area contributed by atoms with Crippen LogP contribution in [0, 0.1) is 0 Å². The molecule has 0 amide bonds. The van der Waals surface area contributed by atoms with E-state index in [9.17, 15) is 9.59 Å². The first-order valence-electron chi connectivity index (χ1n) is 6.51. The Balaban J connectivity index is 2.33. The van der Waals surface area contributed by atoms with E-state index in [1.807, 2.05) is 24.3 Å². The van der Waals surface area contributed by atoms with Crippen molar-refractivity contribution in [3.8, 4) is 0 Å². The Morgan fingerprint density at radius 1 is 1.19 bits per heavy atom. The fourth-order valence-corrected chi connectivity index (χ4v) is 3.17. The molecule has 0 radical (unpaired) electrons. The van der Waals surface area contributed by atoms with Gasteiger partial charge in [-0.3, -0.25) is 0 Å². The van der Waals surface area contributed by atoms with Crippen molar-refractivity contribution in [2.75, 3.05) is 7.11 Å². The van der Waals surface area contributed by atoms with Crippen LogP contribution in [0.2, 0.25) is 0 Å². The van der Waals surface area contributed by atoms with Crippen LogP contribution in [0.3, 0.4) is 0 Å². The second kappa shape index (κ2) is 6.41. The van der Waals surface area contributed by atoms with Crippen LogP contribution in [0.25, 0.3) is 0 Å². The van der Waals surface area contributed by atoms with Crippen LogP contribution in [-0.4, -0.2) is 39.8 Å². The molecule has 21 heavy (non-hydrogen) atoms. The molecule has 1 aromatic rings. The number of carbonyl (C=O) groups is 2. The first-order valence-corrected chi connectivity index (χ1v) is 7.33. The number of hydrogen-bond donors (Lipinski definition) is 0. The van der Waals surface area contributed by atoms with Crippen LogP contribution in [-0.2, 0) is 14.3 Å². The molecule has 1 aromatic carbocycles. The highest BCUT2D eigenvalue weighted by Gasteiger charge is 2.38. The van der Waals surface area contributed by atoms with Crippen LogP contribution in [0.4, 0.5) is 0 Å². The largest absolute Gasteiger partial charge is 0.467 e. The summed E-state index contributed by atoms with van der Waals surface area (Å²) in [5, 5.41) is 0. The predicted molar refractivity (Wildman–Crippen MR) is 87.4 cm³/mol. The fourth-order valence-electron chi connectivity index (χ4n) is 2.32. The van der Waals surface area contributed by atoms with Gasteiger partial charge in [0.1, 0.15) is 21.8 Å². The van der Waals surface area contributed by atoms with Gasteiger partial charge >= 0.3 is 5.97 Å². The van der Waals surface area contributed by atoms with E-state index in [4.69, 9.17) is 29.2 Å². The molecule has 0 saturated carbocycles. The normalized spacial score (nSPS) is 14.9. The van der Waals surface area contributed by atoms with Gasteiger partial charge in [-0.05, 0) is 13.3 Å². The maximum Gasteiger partial charge on any atom is 0.328 e. The number of ketones is 1. The lowest BCUT2D eigenvalue weighted by Crippen LogP contribution is -2.45. The van der Waals surface area contributed by atoms with Crippen LogP contribution in [0.1, 0.15) is 30.9 Å². The molecule has 0 bridgehead atoms. The highest BCUT2D eigenvalue weighted by Crippen LogP contribution is 2.28. The number of methoxy groups -OCH3 is 1. The van der Waals surface area contributed by atoms with Gasteiger partial charge in [0.25, 0.3) is 0 Å². The summed E-state index contributed by atoms with van der Waals surface area (Å²) in [4.78, 5) is 25.9. The quantitative estimate of drug-likeness (QED) is 0.612.